The van der Waals surface area contributed by atoms with Crippen molar-refractivity contribution in [2.24, 2.45) is 0 Å². The maximum Gasteiger partial charge on any atom is 0.238 e. The number of carbonyl (C=O) groups is 1. The highest BCUT2D eigenvalue weighted by Gasteiger charge is 2.06. The van der Waals surface area contributed by atoms with Crippen molar-refractivity contribution in [2.75, 3.05) is 11.9 Å². The van der Waals surface area contributed by atoms with Crippen LogP contribution in [-0.2, 0) is 11.3 Å². The molecule has 0 atom stereocenters. The molecule has 2 aromatic rings. The molecule has 2 N–H and O–H groups in total. The zero-order valence-electron chi connectivity index (χ0n) is 11.6. The van der Waals surface area contributed by atoms with Crippen molar-refractivity contribution < 1.29 is 4.79 Å². The maximum atomic E-state index is 11.9. The highest BCUT2D eigenvalue weighted by Crippen LogP contribution is 2.25. The molecule has 0 heterocycles. The van der Waals surface area contributed by atoms with Gasteiger partial charge in [0.15, 0.2) is 0 Å². The SMILES string of the molecule is Cc1cccc(CNCC(=O)Nc2cc(Cl)ccc2Cl)c1. The molecule has 1 amide bonds. The van der Waals surface area contributed by atoms with Gasteiger partial charge in [0.2, 0.25) is 5.91 Å². The second kappa shape index (κ2) is 7.46. The van der Waals surface area contributed by atoms with Gasteiger partial charge in [-0.3, -0.25) is 4.79 Å². The Bertz CT molecular complexity index is 644. The normalized spacial score (nSPS) is 10.4. The molecule has 0 aliphatic heterocycles. The van der Waals surface area contributed by atoms with Crippen molar-refractivity contribution in [1.82, 2.24) is 5.32 Å². The summed E-state index contributed by atoms with van der Waals surface area (Å²) in [6, 6.07) is 13.1. The van der Waals surface area contributed by atoms with Gasteiger partial charge in [0.25, 0.3) is 0 Å². The fourth-order valence-corrected chi connectivity index (χ4v) is 2.27. The monoisotopic (exact) mass is 322 g/mol. The molecule has 5 heteroatoms. The molecule has 0 aliphatic rings. The van der Waals surface area contributed by atoms with Crippen LogP contribution in [0.5, 0.6) is 0 Å². The molecule has 21 heavy (non-hydrogen) atoms. The number of hydrogen-bond acceptors (Lipinski definition) is 2. The smallest absolute Gasteiger partial charge is 0.238 e. The van der Waals surface area contributed by atoms with Gasteiger partial charge in [-0.05, 0) is 30.7 Å². The lowest BCUT2D eigenvalue weighted by Gasteiger charge is -2.09. The minimum atomic E-state index is -0.160. The largest absolute Gasteiger partial charge is 0.324 e. The summed E-state index contributed by atoms with van der Waals surface area (Å²) in [4.78, 5) is 11.9. The molecule has 0 bridgehead atoms. The third-order valence-electron chi connectivity index (χ3n) is 2.90. The van der Waals surface area contributed by atoms with E-state index in [2.05, 4.69) is 16.7 Å². The Morgan fingerprint density at radius 1 is 1.14 bits per heavy atom. The van der Waals surface area contributed by atoms with Crippen LogP contribution in [0.15, 0.2) is 42.5 Å². The summed E-state index contributed by atoms with van der Waals surface area (Å²) in [5.41, 5.74) is 2.86. The first kappa shape index (κ1) is 15.8. The summed E-state index contributed by atoms with van der Waals surface area (Å²) in [5.74, 6) is -0.160. The number of rotatable bonds is 5. The van der Waals surface area contributed by atoms with Crippen LogP contribution >= 0.6 is 23.2 Å². The first-order valence-corrected chi connectivity index (χ1v) is 7.31. The van der Waals surface area contributed by atoms with Crippen molar-refractivity contribution in [3.8, 4) is 0 Å². The first-order valence-electron chi connectivity index (χ1n) is 6.56. The molecule has 2 aromatic carbocycles. The molecule has 0 spiro atoms. The van der Waals surface area contributed by atoms with Gasteiger partial charge in [0.1, 0.15) is 0 Å². The number of halogens is 2. The second-order valence-electron chi connectivity index (χ2n) is 4.76. The second-order valence-corrected chi connectivity index (χ2v) is 5.61. The van der Waals surface area contributed by atoms with Crippen molar-refractivity contribution in [3.05, 3.63) is 63.6 Å². The molecule has 110 valence electrons. The summed E-state index contributed by atoms with van der Waals surface area (Å²) < 4.78 is 0. The van der Waals surface area contributed by atoms with Gasteiger partial charge < -0.3 is 10.6 Å². The van der Waals surface area contributed by atoms with E-state index >= 15 is 0 Å². The Morgan fingerprint density at radius 3 is 2.71 bits per heavy atom. The lowest BCUT2D eigenvalue weighted by molar-refractivity contribution is -0.115. The highest BCUT2D eigenvalue weighted by molar-refractivity contribution is 6.35. The van der Waals surface area contributed by atoms with Gasteiger partial charge in [0.05, 0.1) is 17.3 Å². The van der Waals surface area contributed by atoms with Crippen molar-refractivity contribution in [2.45, 2.75) is 13.5 Å². The molecule has 0 aromatic heterocycles. The van der Waals surface area contributed by atoms with Gasteiger partial charge in [-0.15, -0.1) is 0 Å². The van der Waals surface area contributed by atoms with Crippen LogP contribution in [0.2, 0.25) is 10.0 Å². The molecule has 0 unspecified atom stereocenters. The molecule has 2 rings (SSSR count). The van der Waals surface area contributed by atoms with E-state index in [9.17, 15) is 4.79 Å². The number of benzene rings is 2. The van der Waals surface area contributed by atoms with E-state index in [1.54, 1.807) is 18.2 Å². The van der Waals surface area contributed by atoms with Crippen molar-refractivity contribution >= 4 is 34.8 Å². The van der Waals surface area contributed by atoms with E-state index in [-0.39, 0.29) is 12.5 Å². The maximum absolute atomic E-state index is 11.9. The Hall–Kier alpha value is -1.55. The highest BCUT2D eigenvalue weighted by atomic mass is 35.5. The minimum Gasteiger partial charge on any atom is -0.324 e. The summed E-state index contributed by atoms with van der Waals surface area (Å²) in [6.45, 7) is 2.88. The van der Waals surface area contributed by atoms with Crippen LogP contribution in [-0.4, -0.2) is 12.5 Å². The van der Waals surface area contributed by atoms with Gasteiger partial charge in [-0.2, -0.15) is 0 Å². The lowest BCUT2D eigenvalue weighted by atomic mass is 10.1. The molecule has 3 nitrogen and oxygen atoms in total. The van der Waals surface area contributed by atoms with E-state index in [0.717, 1.165) is 5.56 Å². The van der Waals surface area contributed by atoms with Gasteiger partial charge in [-0.25, -0.2) is 0 Å². The quantitative estimate of drug-likeness (QED) is 0.872. The summed E-state index contributed by atoms with van der Waals surface area (Å²) in [5, 5.41) is 6.82. The standard InChI is InChI=1S/C16H16Cl2N2O/c1-11-3-2-4-12(7-11)9-19-10-16(21)20-15-8-13(17)5-6-14(15)18/h2-8,19H,9-10H2,1H3,(H,20,21). The fraction of sp³-hybridized carbons (Fsp3) is 0.188. The Kier molecular flexibility index (Phi) is 5.62. The number of hydrogen-bond donors (Lipinski definition) is 2. The van der Waals surface area contributed by atoms with Crippen LogP contribution in [0.4, 0.5) is 5.69 Å². The van der Waals surface area contributed by atoms with E-state index in [1.165, 1.54) is 5.56 Å². The predicted molar refractivity (Wildman–Crippen MR) is 88.0 cm³/mol. The van der Waals surface area contributed by atoms with Gasteiger partial charge in [0, 0.05) is 11.6 Å². The third-order valence-corrected chi connectivity index (χ3v) is 3.46. The topological polar surface area (TPSA) is 41.1 Å². The lowest BCUT2D eigenvalue weighted by Crippen LogP contribution is -2.27. The van der Waals surface area contributed by atoms with Gasteiger partial charge in [-0.1, -0.05) is 53.0 Å². The van der Waals surface area contributed by atoms with Crippen LogP contribution in [0.1, 0.15) is 11.1 Å². The summed E-state index contributed by atoms with van der Waals surface area (Å²) in [6.07, 6.45) is 0. The number of anilines is 1. The average molecular weight is 323 g/mol. The van der Waals surface area contributed by atoms with E-state index in [0.29, 0.717) is 22.3 Å². The number of carbonyl (C=O) groups excluding carboxylic acids is 1. The molecular formula is C16H16Cl2N2O. The minimum absolute atomic E-state index is 0.160. The fourth-order valence-electron chi connectivity index (χ4n) is 1.93. The Labute approximate surface area is 134 Å². The predicted octanol–water partition coefficient (Wildman–Crippen LogP) is 4.03. The third kappa shape index (κ3) is 5.05. The first-order chi connectivity index (χ1) is 10.0. The van der Waals surface area contributed by atoms with E-state index in [4.69, 9.17) is 23.2 Å². The molecule has 0 saturated heterocycles. The Morgan fingerprint density at radius 2 is 1.95 bits per heavy atom. The summed E-state index contributed by atoms with van der Waals surface area (Å²) >= 11 is 11.9. The Balaban J connectivity index is 1.84. The van der Waals surface area contributed by atoms with Crippen molar-refractivity contribution in [1.29, 1.82) is 0 Å². The number of aryl methyl sites for hydroxylation is 1. The zero-order valence-corrected chi connectivity index (χ0v) is 13.1. The van der Waals surface area contributed by atoms with Crippen LogP contribution < -0.4 is 10.6 Å². The summed E-state index contributed by atoms with van der Waals surface area (Å²) in [7, 11) is 0. The van der Waals surface area contributed by atoms with Crippen molar-refractivity contribution in [3.63, 3.8) is 0 Å². The van der Waals surface area contributed by atoms with Crippen LogP contribution in [0.25, 0.3) is 0 Å². The van der Waals surface area contributed by atoms with Gasteiger partial charge >= 0.3 is 0 Å². The number of nitrogens with one attached hydrogen (secondary N) is 2. The van der Waals surface area contributed by atoms with E-state index in [1.807, 2.05) is 25.1 Å². The molecule has 0 saturated carbocycles. The average Bonchev–Trinajstić information content (AvgIpc) is 2.43. The molecule has 0 aliphatic carbocycles. The molecular weight excluding hydrogens is 307 g/mol. The number of amides is 1. The van der Waals surface area contributed by atoms with E-state index < -0.39 is 0 Å². The molecule has 0 radical (unpaired) electrons. The van der Waals surface area contributed by atoms with Crippen LogP contribution in [0.3, 0.4) is 0 Å². The zero-order chi connectivity index (χ0) is 15.2. The molecule has 0 fully saturated rings. The van der Waals surface area contributed by atoms with Crippen LogP contribution in [0, 0.1) is 6.92 Å².